The molecule has 0 radical (unpaired) electrons. The molecule has 4 heteroatoms. The average Bonchev–Trinajstić information content (AvgIpc) is 2.60. The molecule has 0 aliphatic carbocycles. The number of carbonyl (C=O) groups excluding carboxylic acids is 1. The van der Waals surface area contributed by atoms with Crippen LogP contribution >= 0.6 is 0 Å². The Bertz CT molecular complexity index is 357. The van der Waals surface area contributed by atoms with Crippen molar-refractivity contribution in [3.8, 4) is 0 Å². The fraction of sp³-hybridized carbons (Fsp3) is 0.583. The zero-order chi connectivity index (χ0) is 12.1. The van der Waals surface area contributed by atoms with Crippen LogP contribution in [0.3, 0.4) is 0 Å². The second kappa shape index (κ2) is 5.70. The van der Waals surface area contributed by atoms with Gasteiger partial charge in [-0.3, -0.25) is 4.79 Å². The molecule has 4 nitrogen and oxygen atoms in total. The van der Waals surface area contributed by atoms with E-state index in [9.17, 15) is 4.79 Å². The van der Waals surface area contributed by atoms with Crippen LogP contribution in [0.1, 0.15) is 42.1 Å². The predicted molar refractivity (Wildman–Crippen MR) is 61.5 cm³/mol. The Labute approximate surface area is 95.7 Å². The number of hydrogen-bond acceptors (Lipinski definition) is 3. The van der Waals surface area contributed by atoms with Crippen LogP contribution in [0.25, 0.3) is 0 Å². The molecule has 0 aromatic carbocycles. The SMILES string of the molecule is CCc1cc(C)c(C(=O)NC(C)CCO)o1. The second-order valence-corrected chi connectivity index (χ2v) is 3.97. The highest BCUT2D eigenvalue weighted by Crippen LogP contribution is 2.15. The lowest BCUT2D eigenvalue weighted by molar-refractivity contribution is 0.0904. The van der Waals surface area contributed by atoms with Gasteiger partial charge in [0.2, 0.25) is 0 Å². The summed E-state index contributed by atoms with van der Waals surface area (Å²) in [5, 5.41) is 11.5. The van der Waals surface area contributed by atoms with Gasteiger partial charge in [-0.1, -0.05) is 6.92 Å². The first-order chi connectivity index (χ1) is 7.58. The van der Waals surface area contributed by atoms with Crippen LogP contribution < -0.4 is 5.32 Å². The Morgan fingerprint density at radius 3 is 2.81 bits per heavy atom. The summed E-state index contributed by atoms with van der Waals surface area (Å²) in [7, 11) is 0. The smallest absolute Gasteiger partial charge is 0.287 e. The van der Waals surface area contributed by atoms with Crippen molar-refractivity contribution in [3.05, 3.63) is 23.2 Å². The largest absolute Gasteiger partial charge is 0.456 e. The van der Waals surface area contributed by atoms with E-state index in [0.717, 1.165) is 17.7 Å². The zero-order valence-electron chi connectivity index (χ0n) is 10.0. The molecule has 0 bridgehead atoms. The molecule has 0 aliphatic rings. The molecule has 2 N–H and O–H groups in total. The molecule has 90 valence electrons. The topological polar surface area (TPSA) is 62.5 Å². The van der Waals surface area contributed by atoms with Crippen molar-refractivity contribution in [1.82, 2.24) is 5.32 Å². The van der Waals surface area contributed by atoms with Gasteiger partial charge in [-0.05, 0) is 26.3 Å². The molecule has 0 aliphatic heterocycles. The van der Waals surface area contributed by atoms with Crippen molar-refractivity contribution in [1.29, 1.82) is 0 Å². The Balaban J connectivity index is 2.68. The number of aliphatic hydroxyl groups excluding tert-OH is 1. The molecule has 1 atom stereocenters. The molecule has 0 spiro atoms. The summed E-state index contributed by atoms with van der Waals surface area (Å²) in [6, 6.07) is 1.83. The maximum atomic E-state index is 11.8. The summed E-state index contributed by atoms with van der Waals surface area (Å²) >= 11 is 0. The summed E-state index contributed by atoms with van der Waals surface area (Å²) in [5.41, 5.74) is 0.852. The average molecular weight is 225 g/mol. The van der Waals surface area contributed by atoms with Gasteiger partial charge in [0.1, 0.15) is 5.76 Å². The molecule has 1 unspecified atom stereocenters. The minimum absolute atomic E-state index is 0.0490. The van der Waals surface area contributed by atoms with Gasteiger partial charge in [-0.15, -0.1) is 0 Å². The van der Waals surface area contributed by atoms with Crippen molar-refractivity contribution >= 4 is 5.91 Å². The van der Waals surface area contributed by atoms with Crippen molar-refractivity contribution < 1.29 is 14.3 Å². The normalized spacial score (nSPS) is 12.5. The van der Waals surface area contributed by atoms with Crippen LogP contribution in [0.5, 0.6) is 0 Å². The fourth-order valence-electron chi connectivity index (χ4n) is 1.50. The summed E-state index contributed by atoms with van der Waals surface area (Å²) in [6.45, 7) is 5.76. The quantitative estimate of drug-likeness (QED) is 0.801. The summed E-state index contributed by atoms with van der Waals surface area (Å²) < 4.78 is 5.43. The first kappa shape index (κ1) is 12.8. The highest BCUT2D eigenvalue weighted by atomic mass is 16.4. The van der Waals surface area contributed by atoms with Gasteiger partial charge in [-0.2, -0.15) is 0 Å². The van der Waals surface area contributed by atoms with Crippen LogP contribution in [0.15, 0.2) is 10.5 Å². The first-order valence-corrected chi connectivity index (χ1v) is 5.59. The molecule has 16 heavy (non-hydrogen) atoms. The van der Waals surface area contributed by atoms with Crippen molar-refractivity contribution in [3.63, 3.8) is 0 Å². The minimum atomic E-state index is -0.210. The number of aliphatic hydroxyl groups is 1. The summed E-state index contributed by atoms with van der Waals surface area (Å²) in [4.78, 5) is 11.8. The van der Waals surface area contributed by atoms with Crippen LogP contribution in [-0.2, 0) is 6.42 Å². The standard InChI is InChI=1S/C12H19NO3/c1-4-10-7-8(2)11(16-10)12(15)13-9(3)5-6-14/h7,9,14H,4-6H2,1-3H3,(H,13,15). The van der Waals surface area contributed by atoms with E-state index in [-0.39, 0.29) is 18.6 Å². The molecule has 1 heterocycles. The van der Waals surface area contributed by atoms with Gasteiger partial charge >= 0.3 is 0 Å². The molecular formula is C12H19NO3. The number of amides is 1. The number of nitrogens with one attached hydrogen (secondary N) is 1. The van der Waals surface area contributed by atoms with E-state index < -0.39 is 0 Å². The van der Waals surface area contributed by atoms with E-state index >= 15 is 0 Å². The highest BCUT2D eigenvalue weighted by Gasteiger charge is 2.16. The van der Waals surface area contributed by atoms with Gasteiger partial charge in [-0.25, -0.2) is 0 Å². The third-order valence-electron chi connectivity index (χ3n) is 2.46. The number of aryl methyl sites for hydroxylation is 2. The van der Waals surface area contributed by atoms with Crippen molar-refractivity contribution in [2.24, 2.45) is 0 Å². The van der Waals surface area contributed by atoms with Gasteiger partial charge in [0.05, 0.1) is 0 Å². The van der Waals surface area contributed by atoms with Gasteiger partial charge < -0.3 is 14.8 Å². The molecule has 1 aromatic heterocycles. The van der Waals surface area contributed by atoms with Crippen LogP contribution in [0, 0.1) is 6.92 Å². The lowest BCUT2D eigenvalue weighted by Gasteiger charge is -2.11. The second-order valence-electron chi connectivity index (χ2n) is 3.97. The maximum Gasteiger partial charge on any atom is 0.287 e. The fourth-order valence-corrected chi connectivity index (χ4v) is 1.50. The van der Waals surface area contributed by atoms with E-state index in [0.29, 0.717) is 12.2 Å². The Kier molecular flexibility index (Phi) is 4.55. The van der Waals surface area contributed by atoms with E-state index in [1.54, 1.807) is 0 Å². The number of rotatable bonds is 5. The lowest BCUT2D eigenvalue weighted by Crippen LogP contribution is -2.33. The third-order valence-corrected chi connectivity index (χ3v) is 2.46. The number of hydrogen-bond donors (Lipinski definition) is 2. The van der Waals surface area contributed by atoms with Crippen LogP contribution in [0.2, 0.25) is 0 Å². The van der Waals surface area contributed by atoms with Crippen molar-refractivity contribution in [2.75, 3.05) is 6.61 Å². The maximum absolute atomic E-state index is 11.8. The first-order valence-electron chi connectivity index (χ1n) is 5.59. The van der Waals surface area contributed by atoms with E-state index in [1.165, 1.54) is 0 Å². The molecule has 1 amide bonds. The van der Waals surface area contributed by atoms with Crippen molar-refractivity contribution in [2.45, 2.75) is 39.7 Å². The predicted octanol–water partition coefficient (Wildman–Crippen LogP) is 1.65. The monoisotopic (exact) mass is 225 g/mol. The van der Waals surface area contributed by atoms with Gasteiger partial charge in [0, 0.05) is 24.6 Å². The molecule has 1 aromatic rings. The summed E-state index contributed by atoms with van der Waals surface area (Å²) in [5.74, 6) is 0.984. The Morgan fingerprint density at radius 2 is 2.31 bits per heavy atom. The summed E-state index contributed by atoms with van der Waals surface area (Å²) in [6.07, 6.45) is 1.33. The van der Waals surface area contributed by atoms with Crippen LogP contribution in [-0.4, -0.2) is 23.7 Å². The number of carbonyl (C=O) groups is 1. The molecule has 0 saturated heterocycles. The molecule has 1 rings (SSSR count). The minimum Gasteiger partial charge on any atom is -0.456 e. The third kappa shape index (κ3) is 3.10. The lowest BCUT2D eigenvalue weighted by atomic mass is 10.2. The zero-order valence-corrected chi connectivity index (χ0v) is 10.0. The molecule has 0 fully saturated rings. The van der Waals surface area contributed by atoms with E-state index in [4.69, 9.17) is 9.52 Å². The number of furan rings is 1. The molecule has 0 saturated carbocycles. The van der Waals surface area contributed by atoms with E-state index in [2.05, 4.69) is 5.32 Å². The molecular weight excluding hydrogens is 206 g/mol. The van der Waals surface area contributed by atoms with Gasteiger partial charge in [0.25, 0.3) is 5.91 Å². The van der Waals surface area contributed by atoms with E-state index in [1.807, 2.05) is 26.8 Å². The highest BCUT2D eigenvalue weighted by molar-refractivity contribution is 5.93. The Morgan fingerprint density at radius 1 is 1.62 bits per heavy atom. The van der Waals surface area contributed by atoms with Gasteiger partial charge in [0.15, 0.2) is 5.76 Å². The Hall–Kier alpha value is -1.29. The van der Waals surface area contributed by atoms with Crippen LogP contribution in [0.4, 0.5) is 0 Å².